The molecule has 1 amide bonds. The number of carbonyl (C=O) groups excluding carboxylic acids is 1. The van der Waals surface area contributed by atoms with Crippen LogP contribution in [0, 0.1) is 5.92 Å². The molecule has 110 valence electrons. The molecule has 0 spiro atoms. The van der Waals surface area contributed by atoms with Gasteiger partial charge in [0.05, 0.1) is 18.1 Å². The highest BCUT2D eigenvalue weighted by Crippen LogP contribution is 2.20. The lowest BCUT2D eigenvalue weighted by molar-refractivity contribution is -0.120. The average molecular weight is 276 g/mol. The second-order valence-corrected chi connectivity index (χ2v) is 6.61. The molecule has 2 atom stereocenters. The Kier molecular flexibility index (Phi) is 4.38. The molecule has 0 unspecified atom stereocenters. The van der Waals surface area contributed by atoms with E-state index in [0.29, 0.717) is 11.7 Å². The van der Waals surface area contributed by atoms with E-state index >= 15 is 0 Å². The number of hydrogen-bond acceptors (Lipinski definition) is 4. The smallest absolute Gasteiger partial charge is 0.227 e. The number of amides is 1. The Morgan fingerprint density at radius 2 is 2.00 bits per heavy atom. The molecular weight excluding hydrogens is 252 g/mol. The number of nitrogens with one attached hydrogen (secondary N) is 2. The van der Waals surface area contributed by atoms with Gasteiger partial charge in [0.25, 0.3) is 0 Å². The van der Waals surface area contributed by atoms with Crippen LogP contribution in [0.15, 0.2) is 12.4 Å². The Hall–Kier alpha value is -1.49. The molecule has 0 bridgehead atoms. The van der Waals surface area contributed by atoms with E-state index in [4.69, 9.17) is 0 Å². The average Bonchev–Trinajstić information content (AvgIpc) is 2.38. The van der Waals surface area contributed by atoms with E-state index in [0.717, 1.165) is 25.2 Å². The van der Waals surface area contributed by atoms with Crippen LogP contribution >= 0.6 is 0 Å². The first kappa shape index (κ1) is 14.9. The van der Waals surface area contributed by atoms with Gasteiger partial charge in [0, 0.05) is 17.4 Å². The highest BCUT2D eigenvalue weighted by molar-refractivity contribution is 5.92. The molecule has 5 nitrogen and oxygen atoms in total. The standard InChI is InChI=1S/C15H24N4O/c1-10-7-11(5-6-16-10)13(20)19-12-8-17-14(18-9-12)15(2,3)4/h8-11,16H,5-7H2,1-4H3,(H,19,20)/t10-,11-/m0/s1. The summed E-state index contributed by atoms with van der Waals surface area (Å²) in [5.74, 6) is 0.935. The quantitative estimate of drug-likeness (QED) is 0.868. The van der Waals surface area contributed by atoms with Crippen molar-refractivity contribution in [1.82, 2.24) is 15.3 Å². The van der Waals surface area contributed by atoms with Crippen molar-refractivity contribution in [2.24, 2.45) is 5.92 Å². The third kappa shape index (κ3) is 3.76. The van der Waals surface area contributed by atoms with E-state index in [9.17, 15) is 4.79 Å². The summed E-state index contributed by atoms with van der Waals surface area (Å²) in [6, 6.07) is 0.402. The number of carbonyl (C=O) groups is 1. The molecule has 0 aliphatic carbocycles. The van der Waals surface area contributed by atoms with Crippen LogP contribution in [0.1, 0.15) is 46.4 Å². The Labute approximate surface area is 120 Å². The first-order valence-electron chi connectivity index (χ1n) is 7.23. The topological polar surface area (TPSA) is 66.9 Å². The lowest BCUT2D eigenvalue weighted by atomic mass is 9.92. The molecule has 20 heavy (non-hydrogen) atoms. The molecule has 1 aromatic heterocycles. The second kappa shape index (κ2) is 5.87. The van der Waals surface area contributed by atoms with E-state index in [-0.39, 0.29) is 17.2 Å². The van der Waals surface area contributed by atoms with Crippen molar-refractivity contribution in [3.05, 3.63) is 18.2 Å². The number of anilines is 1. The third-order valence-corrected chi connectivity index (χ3v) is 3.58. The zero-order valence-electron chi connectivity index (χ0n) is 12.7. The second-order valence-electron chi connectivity index (χ2n) is 6.61. The van der Waals surface area contributed by atoms with Crippen LogP contribution in [0.25, 0.3) is 0 Å². The highest BCUT2D eigenvalue weighted by Gasteiger charge is 2.25. The van der Waals surface area contributed by atoms with Gasteiger partial charge in [-0.25, -0.2) is 9.97 Å². The summed E-state index contributed by atoms with van der Waals surface area (Å²) in [4.78, 5) is 20.9. The number of aromatic nitrogens is 2. The lowest BCUT2D eigenvalue weighted by Crippen LogP contribution is -2.40. The summed E-state index contributed by atoms with van der Waals surface area (Å²) in [6.07, 6.45) is 5.15. The number of nitrogens with zero attached hydrogens (tertiary/aromatic N) is 2. The minimum atomic E-state index is -0.0764. The van der Waals surface area contributed by atoms with E-state index in [2.05, 4.69) is 48.3 Å². The number of rotatable bonds is 2. The minimum Gasteiger partial charge on any atom is -0.323 e. The first-order chi connectivity index (χ1) is 9.36. The fourth-order valence-corrected chi connectivity index (χ4v) is 2.39. The van der Waals surface area contributed by atoms with Gasteiger partial charge >= 0.3 is 0 Å². The van der Waals surface area contributed by atoms with Gasteiger partial charge in [0.2, 0.25) is 5.91 Å². The van der Waals surface area contributed by atoms with Gasteiger partial charge in [-0.1, -0.05) is 20.8 Å². The number of hydrogen-bond donors (Lipinski definition) is 2. The SMILES string of the molecule is C[C@H]1C[C@@H](C(=O)Nc2cnc(C(C)(C)C)nc2)CCN1. The molecule has 1 aromatic rings. The fraction of sp³-hybridized carbons (Fsp3) is 0.667. The van der Waals surface area contributed by atoms with Crippen molar-refractivity contribution >= 4 is 11.6 Å². The molecule has 5 heteroatoms. The van der Waals surface area contributed by atoms with Gasteiger partial charge in [0.1, 0.15) is 5.82 Å². The maximum Gasteiger partial charge on any atom is 0.227 e. The predicted octanol–water partition coefficient (Wildman–Crippen LogP) is 2.10. The van der Waals surface area contributed by atoms with Crippen LogP contribution in [0.5, 0.6) is 0 Å². The molecule has 0 saturated carbocycles. The van der Waals surface area contributed by atoms with Gasteiger partial charge in [-0.15, -0.1) is 0 Å². The maximum absolute atomic E-state index is 12.2. The Morgan fingerprint density at radius 3 is 2.55 bits per heavy atom. The van der Waals surface area contributed by atoms with Gasteiger partial charge in [-0.3, -0.25) is 4.79 Å². The van der Waals surface area contributed by atoms with E-state index in [1.165, 1.54) is 0 Å². The van der Waals surface area contributed by atoms with Crippen LogP contribution in [-0.4, -0.2) is 28.5 Å². The molecule has 1 fully saturated rings. The summed E-state index contributed by atoms with van der Waals surface area (Å²) in [5, 5.41) is 6.27. The molecule has 2 rings (SSSR count). The van der Waals surface area contributed by atoms with Crippen LogP contribution in [0.3, 0.4) is 0 Å². The Bertz CT molecular complexity index is 464. The monoisotopic (exact) mass is 276 g/mol. The molecule has 2 N–H and O–H groups in total. The third-order valence-electron chi connectivity index (χ3n) is 3.58. The molecule has 1 saturated heterocycles. The molecular formula is C15H24N4O. The van der Waals surface area contributed by atoms with Crippen LogP contribution < -0.4 is 10.6 Å². The van der Waals surface area contributed by atoms with Crippen LogP contribution in [0.4, 0.5) is 5.69 Å². The van der Waals surface area contributed by atoms with Gasteiger partial charge in [0.15, 0.2) is 0 Å². The zero-order chi connectivity index (χ0) is 14.8. The molecule has 2 heterocycles. The van der Waals surface area contributed by atoms with Crippen LogP contribution in [-0.2, 0) is 10.2 Å². The van der Waals surface area contributed by atoms with Crippen molar-refractivity contribution in [2.45, 2.75) is 52.0 Å². The maximum atomic E-state index is 12.2. The van der Waals surface area contributed by atoms with Crippen molar-refractivity contribution in [3.63, 3.8) is 0 Å². The van der Waals surface area contributed by atoms with Gasteiger partial charge in [-0.05, 0) is 26.3 Å². The summed E-state index contributed by atoms with van der Waals surface area (Å²) in [5.41, 5.74) is 0.599. The normalized spacial score (nSPS) is 23.4. The highest BCUT2D eigenvalue weighted by atomic mass is 16.1. The molecule has 1 aliphatic rings. The van der Waals surface area contributed by atoms with Crippen molar-refractivity contribution < 1.29 is 4.79 Å². The summed E-state index contributed by atoms with van der Waals surface area (Å²) < 4.78 is 0. The fourth-order valence-electron chi connectivity index (χ4n) is 2.39. The van der Waals surface area contributed by atoms with Crippen LogP contribution in [0.2, 0.25) is 0 Å². The van der Waals surface area contributed by atoms with Crippen molar-refractivity contribution in [3.8, 4) is 0 Å². The lowest BCUT2D eigenvalue weighted by Gasteiger charge is -2.27. The molecule has 1 aliphatic heterocycles. The van der Waals surface area contributed by atoms with E-state index < -0.39 is 0 Å². The summed E-state index contributed by atoms with van der Waals surface area (Å²) in [6.45, 7) is 9.21. The predicted molar refractivity (Wildman–Crippen MR) is 79.6 cm³/mol. The number of piperidine rings is 1. The van der Waals surface area contributed by atoms with Gasteiger partial charge < -0.3 is 10.6 Å². The van der Waals surface area contributed by atoms with E-state index in [1.807, 2.05) is 0 Å². The van der Waals surface area contributed by atoms with Gasteiger partial charge in [-0.2, -0.15) is 0 Å². The van der Waals surface area contributed by atoms with E-state index in [1.54, 1.807) is 12.4 Å². The zero-order valence-corrected chi connectivity index (χ0v) is 12.7. The first-order valence-corrected chi connectivity index (χ1v) is 7.23. The minimum absolute atomic E-state index is 0.0745. The summed E-state index contributed by atoms with van der Waals surface area (Å²) >= 11 is 0. The van der Waals surface area contributed by atoms with Crippen molar-refractivity contribution in [1.29, 1.82) is 0 Å². The Morgan fingerprint density at radius 1 is 1.35 bits per heavy atom. The Balaban J connectivity index is 1.97. The molecule has 0 aromatic carbocycles. The summed E-state index contributed by atoms with van der Waals surface area (Å²) in [7, 11) is 0. The van der Waals surface area contributed by atoms with Crippen molar-refractivity contribution in [2.75, 3.05) is 11.9 Å². The largest absolute Gasteiger partial charge is 0.323 e. The molecule has 0 radical (unpaired) electrons.